The van der Waals surface area contributed by atoms with E-state index < -0.39 is 10.0 Å². The van der Waals surface area contributed by atoms with Gasteiger partial charge in [-0.3, -0.25) is 0 Å². The third-order valence-electron chi connectivity index (χ3n) is 2.48. The third kappa shape index (κ3) is 5.86. The van der Waals surface area contributed by atoms with Crippen LogP contribution in [0.15, 0.2) is 18.3 Å². The lowest BCUT2D eigenvalue weighted by atomic mass is 10.4. The van der Waals surface area contributed by atoms with Gasteiger partial charge in [0.15, 0.2) is 0 Å². The topological polar surface area (TPSA) is 77.1 Å². The second kappa shape index (κ2) is 6.78. The van der Waals surface area contributed by atoms with Crippen LogP contribution < -0.4 is 10.5 Å². The van der Waals surface area contributed by atoms with Gasteiger partial charge in [0.25, 0.3) is 0 Å². The molecule has 0 aromatic carbocycles. The lowest BCUT2D eigenvalue weighted by molar-refractivity contribution is 0.582. The van der Waals surface area contributed by atoms with E-state index in [9.17, 15) is 8.42 Å². The van der Waals surface area contributed by atoms with Crippen LogP contribution >= 0.6 is 0 Å². The SMILES string of the molecule is CCCn1cccc1CNCCCS(N)(=O)=O. The number of primary sulfonamides is 1. The highest BCUT2D eigenvalue weighted by Gasteiger charge is 2.02. The Balaban J connectivity index is 2.24. The molecule has 0 fully saturated rings. The van der Waals surface area contributed by atoms with Gasteiger partial charge in [0.1, 0.15) is 0 Å². The summed E-state index contributed by atoms with van der Waals surface area (Å²) >= 11 is 0. The molecule has 5 nitrogen and oxygen atoms in total. The summed E-state index contributed by atoms with van der Waals surface area (Å²) in [4.78, 5) is 0. The van der Waals surface area contributed by atoms with E-state index in [-0.39, 0.29) is 5.75 Å². The van der Waals surface area contributed by atoms with Crippen molar-refractivity contribution < 1.29 is 8.42 Å². The van der Waals surface area contributed by atoms with Crippen molar-refractivity contribution in [2.24, 2.45) is 5.14 Å². The van der Waals surface area contributed by atoms with E-state index in [2.05, 4.69) is 29.1 Å². The number of aromatic nitrogens is 1. The maximum Gasteiger partial charge on any atom is 0.209 e. The molecular weight excluding hydrogens is 238 g/mol. The van der Waals surface area contributed by atoms with E-state index in [0.29, 0.717) is 13.0 Å². The molecule has 0 spiro atoms. The molecule has 0 aliphatic carbocycles. The quantitative estimate of drug-likeness (QED) is 0.674. The van der Waals surface area contributed by atoms with Crippen LogP contribution in [-0.4, -0.2) is 25.3 Å². The minimum absolute atomic E-state index is 0.0377. The Morgan fingerprint density at radius 1 is 1.47 bits per heavy atom. The Bertz CT molecular complexity index is 426. The highest BCUT2D eigenvalue weighted by Crippen LogP contribution is 2.03. The smallest absolute Gasteiger partial charge is 0.209 e. The highest BCUT2D eigenvalue weighted by molar-refractivity contribution is 7.89. The standard InChI is InChI=1S/C11H21N3O2S/c1-2-7-14-8-3-5-11(14)10-13-6-4-9-17(12,15)16/h3,5,8,13H,2,4,6-7,9-10H2,1H3,(H2,12,15,16). The van der Waals surface area contributed by atoms with Crippen molar-refractivity contribution in [3.05, 3.63) is 24.0 Å². The van der Waals surface area contributed by atoms with Crippen LogP contribution in [0.2, 0.25) is 0 Å². The number of nitrogens with zero attached hydrogens (tertiary/aromatic N) is 1. The van der Waals surface area contributed by atoms with Crippen LogP contribution in [0.5, 0.6) is 0 Å². The summed E-state index contributed by atoms with van der Waals surface area (Å²) in [5.41, 5.74) is 1.22. The first-order valence-corrected chi connectivity index (χ1v) is 7.59. The van der Waals surface area contributed by atoms with Crippen LogP contribution in [0.25, 0.3) is 0 Å². The van der Waals surface area contributed by atoms with Crippen molar-refractivity contribution in [1.82, 2.24) is 9.88 Å². The Morgan fingerprint density at radius 2 is 2.24 bits per heavy atom. The van der Waals surface area contributed by atoms with E-state index in [0.717, 1.165) is 19.5 Å². The summed E-state index contributed by atoms with van der Waals surface area (Å²) < 4.78 is 23.6. The van der Waals surface area contributed by atoms with Crippen molar-refractivity contribution >= 4 is 10.0 Å². The molecule has 1 aromatic heterocycles. The van der Waals surface area contributed by atoms with Gasteiger partial charge in [-0.25, -0.2) is 13.6 Å². The zero-order valence-electron chi connectivity index (χ0n) is 10.2. The second-order valence-electron chi connectivity index (χ2n) is 4.09. The number of nitrogens with one attached hydrogen (secondary N) is 1. The average Bonchev–Trinajstić information content (AvgIpc) is 2.64. The normalized spacial score (nSPS) is 11.9. The third-order valence-corrected chi connectivity index (χ3v) is 3.33. The Morgan fingerprint density at radius 3 is 2.88 bits per heavy atom. The lowest BCUT2D eigenvalue weighted by Gasteiger charge is -2.08. The van der Waals surface area contributed by atoms with Gasteiger partial charge >= 0.3 is 0 Å². The number of rotatable bonds is 8. The molecular formula is C11H21N3O2S. The molecule has 0 saturated carbocycles. The molecule has 0 amide bonds. The molecule has 1 heterocycles. The van der Waals surface area contributed by atoms with Gasteiger partial charge in [0.2, 0.25) is 10.0 Å². The molecule has 0 radical (unpaired) electrons. The maximum atomic E-state index is 10.7. The molecule has 0 aliphatic heterocycles. The summed E-state index contributed by atoms with van der Waals surface area (Å²) in [7, 11) is -3.32. The van der Waals surface area contributed by atoms with Crippen LogP contribution in [0.3, 0.4) is 0 Å². The highest BCUT2D eigenvalue weighted by atomic mass is 32.2. The van der Waals surface area contributed by atoms with Gasteiger partial charge in [0.05, 0.1) is 5.75 Å². The molecule has 0 aliphatic rings. The minimum Gasteiger partial charge on any atom is -0.350 e. The van der Waals surface area contributed by atoms with Crippen molar-refractivity contribution in [2.75, 3.05) is 12.3 Å². The van der Waals surface area contributed by atoms with Gasteiger partial charge in [-0.2, -0.15) is 0 Å². The van der Waals surface area contributed by atoms with Crippen molar-refractivity contribution in [3.63, 3.8) is 0 Å². The zero-order valence-corrected chi connectivity index (χ0v) is 11.0. The van der Waals surface area contributed by atoms with Gasteiger partial charge < -0.3 is 9.88 Å². The summed E-state index contributed by atoms with van der Waals surface area (Å²) in [6.45, 7) is 4.58. The molecule has 1 rings (SSSR count). The van der Waals surface area contributed by atoms with Gasteiger partial charge in [-0.1, -0.05) is 6.92 Å². The fourth-order valence-electron chi connectivity index (χ4n) is 1.68. The monoisotopic (exact) mass is 259 g/mol. The van der Waals surface area contributed by atoms with Gasteiger partial charge in [-0.15, -0.1) is 0 Å². The maximum absolute atomic E-state index is 10.7. The largest absolute Gasteiger partial charge is 0.350 e. The van der Waals surface area contributed by atoms with E-state index >= 15 is 0 Å². The Kier molecular flexibility index (Phi) is 5.67. The molecule has 1 aromatic rings. The summed E-state index contributed by atoms with van der Waals surface area (Å²) in [6, 6.07) is 4.10. The zero-order chi connectivity index (χ0) is 12.7. The fourth-order valence-corrected chi connectivity index (χ4v) is 2.23. The minimum atomic E-state index is -3.32. The summed E-state index contributed by atoms with van der Waals surface area (Å²) in [5, 5.41) is 8.13. The van der Waals surface area contributed by atoms with Gasteiger partial charge in [-0.05, 0) is 31.5 Å². The molecule has 0 bridgehead atoms. The van der Waals surface area contributed by atoms with Crippen LogP contribution in [0, 0.1) is 0 Å². The Hall–Kier alpha value is -0.850. The lowest BCUT2D eigenvalue weighted by Crippen LogP contribution is -2.22. The number of hydrogen-bond donors (Lipinski definition) is 2. The van der Waals surface area contributed by atoms with E-state index in [1.54, 1.807) is 0 Å². The van der Waals surface area contributed by atoms with E-state index in [4.69, 9.17) is 5.14 Å². The fraction of sp³-hybridized carbons (Fsp3) is 0.636. The molecule has 0 atom stereocenters. The van der Waals surface area contributed by atoms with E-state index in [1.165, 1.54) is 5.69 Å². The predicted molar refractivity (Wildman–Crippen MR) is 69.0 cm³/mol. The van der Waals surface area contributed by atoms with Crippen molar-refractivity contribution in [2.45, 2.75) is 32.9 Å². The molecule has 0 unspecified atom stereocenters. The molecule has 3 N–H and O–H groups in total. The molecule has 0 saturated heterocycles. The van der Waals surface area contributed by atoms with Crippen molar-refractivity contribution in [3.8, 4) is 0 Å². The predicted octanol–water partition coefficient (Wildman–Crippen LogP) is 0.666. The van der Waals surface area contributed by atoms with Crippen LogP contribution in [0.4, 0.5) is 0 Å². The average molecular weight is 259 g/mol. The first-order chi connectivity index (χ1) is 8.03. The van der Waals surface area contributed by atoms with Gasteiger partial charge in [0, 0.05) is 25.0 Å². The van der Waals surface area contributed by atoms with Crippen LogP contribution in [-0.2, 0) is 23.1 Å². The number of aryl methyl sites for hydroxylation is 1. The number of hydrogen-bond acceptors (Lipinski definition) is 3. The number of sulfonamides is 1. The summed E-state index contributed by atoms with van der Waals surface area (Å²) in [6.07, 6.45) is 3.71. The Labute approximate surface area is 103 Å². The van der Waals surface area contributed by atoms with Crippen molar-refractivity contribution in [1.29, 1.82) is 0 Å². The number of nitrogens with two attached hydrogens (primary N) is 1. The molecule has 98 valence electrons. The summed E-state index contributed by atoms with van der Waals surface area (Å²) in [5.74, 6) is 0.0377. The molecule has 6 heteroatoms. The molecule has 17 heavy (non-hydrogen) atoms. The van der Waals surface area contributed by atoms with Crippen LogP contribution in [0.1, 0.15) is 25.5 Å². The van der Waals surface area contributed by atoms with E-state index in [1.807, 2.05) is 6.07 Å². The first kappa shape index (κ1) is 14.2. The second-order valence-corrected chi connectivity index (χ2v) is 5.82. The first-order valence-electron chi connectivity index (χ1n) is 5.88.